The van der Waals surface area contributed by atoms with E-state index in [0.29, 0.717) is 10.6 Å². The number of hydrogen-bond donors (Lipinski definition) is 0. The molecular formula is C16H12ClFO3. The van der Waals surface area contributed by atoms with Gasteiger partial charge in [-0.2, -0.15) is 0 Å². The van der Waals surface area contributed by atoms with Gasteiger partial charge in [0, 0.05) is 10.6 Å². The zero-order valence-corrected chi connectivity index (χ0v) is 11.9. The molecule has 0 amide bonds. The molecule has 0 heterocycles. The molecule has 0 spiro atoms. The van der Waals surface area contributed by atoms with Crippen molar-refractivity contribution in [2.45, 2.75) is 13.0 Å². The molecule has 0 aliphatic carbocycles. The maximum atomic E-state index is 12.8. The monoisotopic (exact) mass is 306 g/mol. The molecule has 2 aromatic rings. The highest BCUT2D eigenvalue weighted by atomic mass is 35.5. The van der Waals surface area contributed by atoms with Crippen LogP contribution >= 0.6 is 11.6 Å². The second-order valence-electron chi connectivity index (χ2n) is 4.43. The Bertz CT molecular complexity index is 667. The van der Waals surface area contributed by atoms with Crippen molar-refractivity contribution in [3.05, 3.63) is 70.5 Å². The second-order valence-corrected chi connectivity index (χ2v) is 4.87. The van der Waals surface area contributed by atoms with Crippen LogP contribution in [0.25, 0.3) is 0 Å². The first kappa shape index (κ1) is 15.2. The molecule has 108 valence electrons. The first-order valence-corrected chi connectivity index (χ1v) is 6.61. The van der Waals surface area contributed by atoms with E-state index in [1.165, 1.54) is 25.1 Å². The van der Waals surface area contributed by atoms with E-state index in [2.05, 4.69) is 0 Å². The molecule has 0 radical (unpaired) electrons. The van der Waals surface area contributed by atoms with Gasteiger partial charge >= 0.3 is 5.97 Å². The lowest BCUT2D eigenvalue weighted by molar-refractivity contribution is 0.0319. The fraction of sp³-hybridized carbons (Fsp3) is 0.125. The van der Waals surface area contributed by atoms with Crippen LogP contribution in [-0.4, -0.2) is 17.9 Å². The lowest BCUT2D eigenvalue weighted by Gasteiger charge is -2.12. The normalized spacial score (nSPS) is 11.8. The highest BCUT2D eigenvalue weighted by Gasteiger charge is 2.20. The van der Waals surface area contributed by atoms with E-state index in [0.717, 1.165) is 12.1 Å². The van der Waals surface area contributed by atoms with Gasteiger partial charge in [0.15, 0.2) is 6.10 Å². The smallest absolute Gasteiger partial charge is 0.338 e. The summed E-state index contributed by atoms with van der Waals surface area (Å²) in [7, 11) is 0. The van der Waals surface area contributed by atoms with Crippen molar-refractivity contribution in [1.29, 1.82) is 0 Å². The largest absolute Gasteiger partial charge is 0.451 e. The molecule has 0 aromatic heterocycles. The molecule has 5 heteroatoms. The van der Waals surface area contributed by atoms with Crippen molar-refractivity contribution in [3.63, 3.8) is 0 Å². The van der Waals surface area contributed by atoms with Crippen LogP contribution in [0.1, 0.15) is 27.6 Å². The molecule has 0 saturated heterocycles. The van der Waals surface area contributed by atoms with Crippen LogP contribution in [0.2, 0.25) is 5.02 Å². The second kappa shape index (κ2) is 6.50. The van der Waals surface area contributed by atoms with Gasteiger partial charge in [-0.25, -0.2) is 9.18 Å². The molecule has 0 bridgehead atoms. The molecule has 2 aromatic carbocycles. The number of halogens is 2. The standard InChI is InChI=1S/C16H12ClFO3/c1-10(15(19)12-3-2-4-13(17)9-12)21-16(20)11-5-7-14(18)8-6-11/h2-10H,1H3/t10-/m1/s1. The molecular weight excluding hydrogens is 295 g/mol. The highest BCUT2D eigenvalue weighted by Crippen LogP contribution is 2.14. The topological polar surface area (TPSA) is 43.4 Å². The summed E-state index contributed by atoms with van der Waals surface area (Å²) in [4.78, 5) is 24.0. The van der Waals surface area contributed by atoms with Gasteiger partial charge in [0.25, 0.3) is 0 Å². The molecule has 0 aliphatic rings. The van der Waals surface area contributed by atoms with E-state index in [9.17, 15) is 14.0 Å². The lowest BCUT2D eigenvalue weighted by atomic mass is 10.1. The molecule has 2 rings (SSSR count). The summed E-state index contributed by atoms with van der Waals surface area (Å²) in [5, 5.41) is 0.429. The van der Waals surface area contributed by atoms with E-state index in [1.807, 2.05) is 0 Å². The molecule has 21 heavy (non-hydrogen) atoms. The minimum absolute atomic E-state index is 0.183. The predicted octanol–water partition coefficient (Wildman–Crippen LogP) is 3.91. The number of hydrogen-bond acceptors (Lipinski definition) is 3. The van der Waals surface area contributed by atoms with Gasteiger partial charge in [-0.3, -0.25) is 4.79 Å². The van der Waals surface area contributed by atoms with Crippen molar-refractivity contribution in [3.8, 4) is 0 Å². The Hall–Kier alpha value is -2.20. The summed E-state index contributed by atoms with van der Waals surface area (Å²) in [5.41, 5.74) is 0.545. The first-order valence-electron chi connectivity index (χ1n) is 6.23. The third-order valence-electron chi connectivity index (χ3n) is 2.84. The number of carbonyl (C=O) groups is 2. The fourth-order valence-corrected chi connectivity index (χ4v) is 1.93. The van der Waals surface area contributed by atoms with Crippen LogP contribution in [-0.2, 0) is 4.74 Å². The van der Waals surface area contributed by atoms with E-state index in [4.69, 9.17) is 16.3 Å². The SMILES string of the molecule is C[C@@H](OC(=O)c1ccc(F)cc1)C(=O)c1cccc(Cl)c1. The molecule has 0 fully saturated rings. The minimum Gasteiger partial charge on any atom is -0.451 e. The summed E-state index contributed by atoms with van der Waals surface area (Å²) in [6.45, 7) is 1.48. The number of Topliss-reactive ketones (excluding diaryl/α,β-unsaturated/α-hetero) is 1. The van der Waals surface area contributed by atoms with Gasteiger partial charge < -0.3 is 4.74 Å². The predicted molar refractivity (Wildman–Crippen MR) is 77.1 cm³/mol. The average Bonchev–Trinajstić information content (AvgIpc) is 2.47. The molecule has 0 aliphatic heterocycles. The van der Waals surface area contributed by atoms with E-state index < -0.39 is 17.9 Å². The fourth-order valence-electron chi connectivity index (χ4n) is 1.74. The van der Waals surface area contributed by atoms with Gasteiger partial charge in [0.2, 0.25) is 5.78 Å². The molecule has 1 atom stereocenters. The van der Waals surface area contributed by atoms with E-state index >= 15 is 0 Å². The summed E-state index contributed by atoms with van der Waals surface area (Å²) in [6, 6.07) is 11.3. The first-order chi connectivity index (χ1) is 9.97. The Labute approximate surface area is 126 Å². The van der Waals surface area contributed by atoms with Crippen LogP contribution < -0.4 is 0 Å². The van der Waals surface area contributed by atoms with Crippen molar-refractivity contribution < 1.29 is 18.7 Å². The van der Waals surface area contributed by atoms with E-state index in [-0.39, 0.29) is 11.3 Å². The Morgan fingerprint density at radius 3 is 2.38 bits per heavy atom. The Morgan fingerprint density at radius 2 is 1.76 bits per heavy atom. The van der Waals surface area contributed by atoms with Crippen LogP contribution in [0.5, 0.6) is 0 Å². The summed E-state index contributed by atoms with van der Waals surface area (Å²) < 4.78 is 17.9. The van der Waals surface area contributed by atoms with Crippen LogP contribution in [0.3, 0.4) is 0 Å². The number of rotatable bonds is 4. The zero-order valence-electron chi connectivity index (χ0n) is 11.2. The highest BCUT2D eigenvalue weighted by molar-refractivity contribution is 6.31. The molecule has 3 nitrogen and oxygen atoms in total. The van der Waals surface area contributed by atoms with Crippen LogP contribution in [0.4, 0.5) is 4.39 Å². The summed E-state index contributed by atoms with van der Waals surface area (Å²) in [6.07, 6.45) is -0.957. The van der Waals surface area contributed by atoms with Crippen molar-refractivity contribution in [2.75, 3.05) is 0 Å². The Kier molecular flexibility index (Phi) is 4.70. The van der Waals surface area contributed by atoms with Gasteiger partial charge in [0.1, 0.15) is 5.82 Å². The lowest BCUT2D eigenvalue weighted by Crippen LogP contribution is -2.24. The summed E-state index contributed by atoms with van der Waals surface area (Å²) in [5.74, 6) is -1.49. The minimum atomic E-state index is -0.957. The van der Waals surface area contributed by atoms with Crippen molar-refractivity contribution >= 4 is 23.4 Å². The maximum absolute atomic E-state index is 12.8. The molecule has 0 unspecified atom stereocenters. The van der Waals surface area contributed by atoms with Crippen LogP contribution in [0.15, 0.2) is 48.5 Å². The number of carbonyl (C=O) groups excluding carboxylic acids is 2. The maximum Gasteiger partial charge on any atom is 0.338 e. The van der Waals surface area contributed by atoms with Crippen molar-refractivity contribution in [1.82, 2.24) is 0 Å². The number of ether oxygens (including phenoxy) is 1. The van der Waals surface area contributed by atoms with Crippen LogP contribution in [0, 0.1) is 5.82 Å². The Balaban J connectivity index is 2.07. The zero-order chi connectivity index (χ0) is 15.4. The molecule has 0 saturated carbocycles. The van der Waals surface area contributed by atoms with Gasteiger partial charge in [-0.1, -0.05) is 23.7 Å². The molecule has 0 N–H and O–H groups in total. The van der Waals surface area contributed by atoms with E-state index in [1.54, 1.807) is 18.2 Å². The third-order valence-corrected chi connectivity index (χ3v) is 3.08. The van der Waals surface area contributed by atoms with Gasteiger partial charge in [-0.15, -0.1) is 0 Å². The van der Waals surface area contributed by atoms with Gasteiger partial charge in [-0.05, 0) is 43.3 Å². The van der Waals surface area contributed by atoms with Crippen molar-refractivity contribution in [2.24, 2.45) is 0 Å². The summed E-state index contributed by atoms with van der Waals surface area (Å²) >= 11 is 5.81. The average molecular weight is 307 g/mol. The van der Waals surface area contributed by atoms with Gasteiger partial charge in [0.05, 0.1) is 5.56 Å². The number of ketones is 1. The Morgan fingerprint density at radius 1 is 1.10 bits per heavy atom. The number of esters is 1. The third kappa shape index (κ3) is 3.89. The quantitative estimate of drug-likeness (QED) is 0.635. The number of benzene rings is 2.